The topological polar surface area (TPSA) is 55.4 Å². The average molecular weight is 295 g/mol. The molecule has 1 amide bonds. The molecule has 0 unspecified atom stereocenters. The van der Waals surface area contributed by atoms with Gasteiger partial charge in [-0.2, -0.15) is 0 Å². The minimum absolute atomic E-state index is 0.157. The highest BCUT2D eigenvalue weighted by atomic mass is 16.5. The Hall–Kier alpha value is -2.88. The van der Waals surface area contributed by atoms with E-state index in [2.05, 4.69) is 5.32 Å². The van der Waals surface area contributed by atoms with E-state index in [-0.39, 0.29) is 11.9 Å². The van der Waals surface area contributed by atoms with Gasteiger partial charge in [-0.1, -0.05) is 30.3 Å². The molecule has 0 atom stereocenters. The van der Waals surface area contributed by atoms with Gasteiger partial charge in [0, 0.05) is 17.3 Å². The molecule has 0 aliphatic rings. The lowest BCUT2D eigenvalue weighted by atomic mass is 10.1. The number of hydrogen-bond donors (Lipinski definition) is 1. The number of carbonyl (C=O) groups is 2. The molecule has 2 rings (SSSR count). The largest absolute Gasteiger partial charge is 0.463 e. The van der Waals surface area contributed by atoms with E-state index in [9.17, 15) is 9.59 Å². The van der Waals surface area contributed by atoms with Gasteiger partial charge in [-0.3, -0.25) is 4.79 Å². The molecule has 0 heterocycles. The van der Waals surface area contributed by atoms with E-state index in [4.69, 9.17) is 4.74 Å². The van der Waals surface area contributed by atoms with Crippen molar-refractivity contribution in [3.63, 3.8) is 0 Å². The normalized spacial score (nSPS) is 10.4. The lowest BCUT2D eigenvalue weighted by molar-refractivity contribution is -0.137. The molecule has 4 nitrogen and oxygen atoms in total. The second kappa shape index (κ2) is 7.78. The van der Waals surface area contributed by atoms with Crippen molar-refractivity contribution in [3.8, 4) is 0 Å². The van der Waals surface area contributed by atoms with Crippen LogP contribution in [0.3, 0.4) is 0 Å². The summed E-state index contributed by atoms with van der Waals surface area (Å²) in [4.78, 5) is 23.2. The minimum Gasteiger partial charge on any atom is -0.463 e. The SMILES string of the molecule is CCOC(=O)/C=C/c1ccc(NC(=O)c2ccccc2)cc1. The highest BCUT2D eigenvalue weighted by Crippen LogP contribution is 2.12. The number of amides is 1. The molecule has 0 aromatic heterocycles. The fourth-order valence-electron chi connectivity index (χ4n) is 1.82. The Labute approximate surface area is 129 Å². The zero-order valence-corrected chi connectivity index (χ0v) is 12.3. The van der Waals surface area contributed by atoms with Crippen molar-refractivity contribution in [2.24, 2.45) is 0 Å². The molecular weight excluding hydrogens is 278 g/mol. The van der Waals surface area contributed by atoms with Crippen molar-refractivity contribution < 1.29 is 14.3 Å². The third-order valence-electron chi connectivity index (χ3n) is 2.90. The number of hydrogen-bond acceptors (Lipinski definition) is 3. The van der Waals surface area contributed by atoms with Crippen LogP contribution in [0.4, 0.5) is 5.69 Å². The Bertz CT molecular complexity index is 660. The summed E-state index contributed by atoms with van der Waals surface area (Å²) in [5.74, 6) is -0.528. The number of benzene rings is 2. The predicted molar refractivity (Wildman–Crippen MR) is 86.5 cm³/mol. The summed E-state index contributed by atoms with van der Waals surface area (Å²) < 4.78 is 4.81. The van der Waals surface area contributed by atoms with E-state index in [1.54, 1.807) is 37.3 Å². The maximum atomic E-state index is 12.0. The molecule has 0 fully saturated rings. The summed E-state index contributed by atoms with van der Waals surface area (Å²) in [7, 11) is 0. The van der Waals surface area contributed by atoms with Crippen molar-refractivity contribution >= 4 is 23.6 Å². The maximum Gasteiger partial charge on any atom is 0.330 e. The zero-order valence-electron chi connectivity index (χ0n) is 12.3. The van der Waals surface area contributed by atoms with Crippen LogP contribution < -0.4 is 5.32 Å². The average Bonchev–Trinajstić information content (AvgIpc) is 2.55. The van der Waals surface area contributed by atoms with E-state index < -0.39 is 0 Å². The Morgan fingerprint density at radius 1 is 1.05 bits per heavy atom. The molecule has 0 spiro atoms. The molecule has 1 N–H and O–H groups in total. The first-order valence-corrected chi connectivity index (χ1v) is 7.00. The minimum atomic E-state index is -0.371. The number of ether oxygens (including phenoxy) is 1. The third kappa shape index (κ3) is 4.59. The highest BCUT2D eigenvalue weighted by molar-refractivity contribution is 6.04. The quantitative estimate of drug-likeness (QED) is 0.678. The summed E-state index contributed by atoms with van der Waals surface area (Å²) in [6.45, 7) is 2.11. The molecule has 0 radical (unpaired) electrons. The lowest BCUT2D eigenvalue weighted by Crippen LogP contribution is -2.11. The fourth-order valence-corrected chi connectivity index (χ4v) is 1.82. The molecule has 0 saturated heterocycles. The van der Waals surface area contributed by atoms with Crippen LogP contribution in [0, 0.1) is 0 Å². The second-order valence-corrected chi connectivity index (χ2v) is 4.53. The Morgan fingerprint density at radius 2 is 1.73 bits per heavy atom. The van der Waals surface area contributed by atoms with Crippen LogP contribution in [-0.2, 0) is 9.53 Å². The van der Waals surface area contributed by atoms with Crippen LogP contribution in [0.1, 0.15) is 22.8 Å². The van der Waals surface area contributed by atoms with Crippen molar-refractivity contribution in [3.05, 3.63) is 71.8 Å². The van der Waals surface area contributed by atoms with Gasteiger partial charge in [-0.25, -0.2) is 4.79 Å². The van der Waals surface area contributed by atoms with Gasteiger partial charge in [0.15, 0.2) is 0 Å². The first-order valence-electron chi connectivity index (χ1n) is 7.00. The summed E-state index contributed by atoms with van der Waals surface area (Å²) in [5, 5.41) is 2.82. The van der Waals surface area contributed by atoms with E-state index in [0.717, 1.165) is 5.56 Å². The summed E-state index contributed by atoms with van der Waals surface area (Å²) in [6, 6.07) is 16.2. The highest BCUT2D eigenvalue weighted by Gasteiger charge is 2.04. The first kappa shape index (κ1) is 15.5. The van der Waals surface area contributed by atoms with Gasteiger partial charge in [-0.15, -0.1) is 0 Å². The van der Waals surface area contributed by atoms with E-state index in [0.29, 0.717) is 17.9 Å². The Kier molecular flexibility index (Phi) is 5.49. The molecule has 0 bridgehead atoms. The first-order chi connectivity index (χ1) is 10.7. The fraction of sp³-hybridized carbons (Fsp3) is 0.111. The van der Waals surface area contributed by atoms with Gasteiger partial charge in [0.2, 0.25) is 0 Å². The van der Waals surface area contributed by atoms with E-state index in [1.165, 1.54) is 6.08 Å². The molecule has 2 aromatic rings. The number of nitrogens with one attached hydrogen (secondary N) is 1. The molecule has 2 aromatic carbocycles. The van der Waals surface area contributed by atoms with Crippen molar-refractivity contribution in [2.45, 2.75) is 6.92 Å². The molecule has 112 valence electrons. The van der Waals surface area contributed by atoms with Crippen LogP contribution in [0.5, 0.6) is 0 Å². The van der Waals surface area contributed by atoms with Gasteiger partial charge in [-0.05, 0) is 42.8 Å². The molecular formula is C18H17NO3. The van der Waals surface area contributed by atoms with Crippen LogP contribution >= 0.6 is 0 Å². The van der Waals surface area contributed by atoms with Gasteiger partial charge in [0.05, 0.1) is 6.61 Å². The Morgan fingerprint density at radius 3 is 2.36 bits per heavy atom. The summed E-state index contributed by atoms with van der Waals surface area (Å²) in [5.41, 5.74) is 2.15. The van der Waals surface area contributed by atoms with Gasteiger partial charge < -0.3 is 10.1 Å². The lowest BCUT2D eigenvalue weighted by Gasteiger charge is -2.05. The number of rotatable bonds is 5. The molecule has 22 heavy (non-hydrogen) atoms. The van der Waals surface area contributed by atoms with Crippen LogP contribution in [0.2, 0.25) is 0 Å². The molecule has 0 aliphatic carbocycles. The molecule has 4 heteroatoms. The molecule has 0 saturated carbocycles. The van der Waals surface area contributed by atoms with Gasteiger partial charge >= 0.3 is 5.97 Å². The number of anilines is 1. The van der Waals surface area contributed by atoms with E-state index >= 15 is 0 Å². The van der Waals surface area contributed by atoms with Crippen LogP contribution in [0.15, 0.2) is 60.7 Å². The third-order valence-corrected chi connectivity index (χ3v) is 2.90. The van der Waals surface area contributed by atoms with E-state index in [1.807, 2.05) is 30.3 Å². The monoisotopic (exact) mass is 295 g/mol. The van der Waals surface area contributed by atoms with Crippen LogP contribution in [0.25, 0.3) is 6.08 Å². The van der Waals surface area contributed by atoms with Crippen LogP contribution in [-0.4, -0.2) is 18.5 Å². The molecule has 0 aliphatic heterocycles. The van der Waals surface area contributed by atoms with Crippen molar-refractivity contribution in [2.75, 3.05) is 11.9 Å². The standard InChI is InChI=1S/C18H17NO3/c1-2-22-17(20)13-10-14-8-11-16(12-9-14)19-18(21)15-6-4-3-5-7-15/h3-13H,2H2,1H3,(H,19,21)/b13-10+. The number of esters is 1. The van der Waals surface area contributed by atoms with Crippen molar-refractivity contribution in [1.29, 1.82) is 0 Å². The van der Waals surface area contributed by atoms with Gasteiger partial charge in [0.25, 0.3) is 5.91 Å². The van der Waals surface area contributed by atoms with Gasteiger partial charge in [0.1, 0.15) is 0 Å². The second-order valence-electron chi connectivity index (χ2n) is 4.53. The zero-order chi connectivity index (χ0) is 15.8. The smallest absolute Gasteiger partial charge is 0.330 e. The van der Waals surface area contributed by atoms with Crippen molar-refractivity contribution in [1.82, 2.24) is 0 Å². The number of carbonyl (C=O) groups excluding carboxylic acids is 2. The predicted octanol–water partition coefficient (Wildman–Crippen LogP) is 3.52. The maximum absolute atomic E-state index is 12.0. The summed E-state index contributed by atoms with van der Waals surface area (Å²) in [6.07, 6.45) is 3.04. The summed E-state index contributed by atoms with van der Waals surface area (Å²) >= 11 is 0. The Balaban J connectivity index is 1.97.